The highest BCUT2D eigenvalue weighted by molar-refractivity contribution is 9.09. The Morgan fingerprint density at radius 1 is 1.47 bits per heavy atom. The standard InChI is InChI=1S/C11H23BrN2O2S/c1-10-6-5-7-14(8-10)17(15,16)13(4)11(2,3)9-12/h10H,5-9H2,1-4H3. The minimum absolute atomic E-state index is 0.403. The maximum Gasteiger partial charge on any atom is 0.282 e. The van der Waals surface area contributed by atoms with Gasteiger partial charge in [0.2, 0.25) is 0 Å². The molecule has 1 unspecified atom stereocenters. The quantitative estimate of drug-likeness (QED) is 0.742. The van der Waals surface area contributed by atoms with E-state index in [1.54, 1.807) is 11.4 Å². The second-order valence-corrected chi connectivity index (χ2v) is 8.05. The van der Waals surface area contributed by atoms with Crippen LogP contribution in [0.4, 0.5) is 0 Å². The van der Waals surface area contributed by atoms with Crippen molar-refractivity contribution in [1.29, 1.82) is 0 Å². The molecule has 6 heteroatoms. The third-order valence-corrected chi connectivity index (χ3v) is 7.01. The smallest absolute Gasteiger partial charge is 0.195 e. The Kier molecular flexibility index (Phi) is 5.03. The highest BCUT2D eigenvalue weighted by atomic mass is 79.9. The maximum atomic E-state index is 12.5. The molecular weight excluding hydrogens is 304 g/mol. The highest BCUT2D eigenvalue weighted by Crippen LogP contribution is 2.25. The van der Waals surface area contributed by atoms with Crippen LogP contribution in [0.15, 0.2) is 0 Å². The van der Waals surface area contributed by atoms with Crippen molar-refractivity contribution in [2.24, 2.45) is 5.92 Å². The summed E-state index contributed by atoms with van der Waals surface area (Å²) in [6.07, 6.45) is 2.08. The van der Waals surface area contributed by atoms with Gasteiger partial charge in [-0.25, -0.2) is 0 Å². The zero-order valence-electron chi connectivity index (χ0n) is 11.1. The monoisotopic (exact) mass is 326 g/mol. The molecule has 1 atom stereocenters. The fourth-order valence-electron chi connectivity index (χ4n) is 1.93. The summed E-state index contributed by atoms with van der Waals surface area (Å²) in [6.45, 7) is 7.25. The summed E-state index contributed by atoms with van der Waals surface area (Å²) >= 11 is 3.38. The molecule has 0 spiro atoms. The maximum absolute atomic E-state index is 12.5. The lowest BCUT2D eigenvalue weighted by atomic mass is 10.0. The van der Waals surface area contributed by atoms with E-state index >= 15 is 0 Å². The van der Waals surface area contributed by atoms with Gasteiger partial charge in [-0.3, -0.25) is 0 Å². The topological polar surface area (TPSA) is 40.6 Å². The molecule has 0 aromatic heterocycles. The molecule has 1 rings (SSSR count). The van der Waals surface area contributed by atoms with Gasteiger partial charge in [-0.1, -0.05) is 22.9 Å². The Hall–Kier alpha value is 0.350. The number of hydrogen-bond donors (Lipinski definition) is 0. The van der Waals surface area contributed by atoms with Gasteiger partial charge in [-0.2, -0.15) is 17.0 Å². The van der Waals surface area contributed by atoms with E-state index < -0.39 is 15.7 Å². The van der Waals surface area contributed by atoms with Gasteiger partial charge < -0.3 is 0 Å². The Balaban J connectivity index is 2.87. The number of nitrogens with zero attached hydrogens (tertiary/aromatic N) is 2. The fraction of sp³-hybridized carbons (Fsp3) is 1.00. The average molecular weight is 327 g/mol. The van der Waals surface area contributed by atoms with Gasteiger partial charge >= 0.3 is 0 Å². The molecule has 0 aromatic carbocycles. The largest absolute Gasteiger partial charge is 0.282 e. The fourth-order valence-corrected chi connectivity index (χ4v) is 4.31. The van der Waals surface area contributed by atoms with Crippen LogP contribution >= 0.6 is 15.9 Å². The normalized spacial score (nSPS) is 24.2. The average Bonchev–Trinajstić information content (AvgIpc) is 2.28. The van der Waals surface area contributed by atoms with Crippen molar-refractivity contribution in [2.75, 3.05) is 25.5 Å². The van der Waals surface area contributed by atoms with Crippen LogP contribution in [0.1, 0.15) is 33.6 Å². The number of hydrogen-bond acceptors (Lipinski definition) is 2. The summed E-state index contributed by atoms with van der Waals surface area (Å²) < 4.78 is 28.0. The van der Waals surface area contributed by atoms with Gasteiger partial charge in [-0.05, 0) is 32.6 Å². The molecule has 102 valence electrons. The molecule has 1 aliphatic rings. The van der Waals surface area contributed by atoms with E-state index in [1.165, 1.54) is 4.31 Å². The summed E-state index contributed by atoms with van der Waals surface area (Å²) in [4.78, 5) is 0. The van der Waals surface area contributed by atoms with Gasteiger partial charge in [0.1, 0.15) is 0 Å². The summed E-state index contributed by atoms with van der Waals surface area (Å²) in [6, 6.07) is 0. The summed E-state index contributed by atoms with van der Waals surface area (Å²) in [5.41, 5.74) is -0.403. The van der Waals surface area contributed by atoms with Crippen LogP contribution < -0.4 is 0 Å². The van der Waals surface area contributed by atoms with Gasteiger partial charge in [-0.15, -0.1) is 0 Å². The van der Waals surface area contributed by atoms with E-state index in [2.05, 4.69) is 22.9 Å². The molecule has 0 saturated carbocycles. The van der Waals surface area contributed by atoms with Crippen molar-refractivity contribution in [3.8, 4) is 0 Å². The summed E-state index contributed by atoms with van der Waals surface area (Å²) in [7, 11) is -1.67. The Bertz CT molecular complexity index is 356. The second-order valence-electron chi connectivity index (χ2n) is 5.53. The lowest BCUT2D eigenvalue weighted by Gasteiger charge is -2.39. The van der Waals surface area contributed by atoms with Crippen LogP contribution in [-0.2, 0) is 10.2 Å². The number of alkyl halides is 1. The zero-order chi connectivity index (χ0) is 13.3. The van der Waals surface area contributed by atoms with Gasteiger partial charge in [0.25, 0.3) is 10.2 Å². The first-order chi connectivity index (χ1) is 7.71. The van der Waals surface area contributed by atoms with Crippen molar-refractivity contribution < 1.29 is 8.42 Å². The van der Waals surface area contributed by atoms with Gasteiger partial charge in [0, 0.05) is 31.0 Å². The summed E-state index contributed by atoms with van der Waals surface area (Å²) in [5.74, 6) is 0.457. The predicted octanol–water partition coefficient (Wildman–Crippen LogP) is 2.07. The minimum atomic E-state index is -3.33. The van der Waals surface area contributed by atoms with Crippen molar-refractivity contribution >= 4 is 26.1 Å². The molecule has 0 bridgehead atoms. The van der Waals surface area contributed by atoms with Crippen LogP contribution in [-0.4, -0.2) is 48.0 Å². The molecule has 0 aliphatic carbocycles. The molecule has 4 nitrogen and oxygen atoms in total. The third kappa shape index (κ3) is 3.43. The molecule has 17 heavy (non-hydrogen) atoms. The minimum Gasteiger partial charge on any atom is -0.195 e. The first-order valence-electron chi connectivity index (χ1n) is 6.02. The lowest BCUT2D eigenvalue weighted by molar-refractivity contribution is 0.231. The van der Waals surface area contributed by atoms with Gasteiger partial charge in [0.05, 0.1) is 0 Å². The van der Waals surface area contributed by atoms with Crippen molar-refractivity contribution in [3.05, 3.63) is 0 Å². The van der Waals surface area contributed by atoms with Gasteiger partial charge in [0.15, 0.2) is 0 Å². The van der Waals surface area contributed by atoms with E-state index in [0.29, 0.717) is 24.3 Å². The first-order valence-corrected chi connectivity index (χ1v) is 8.53. The molecule has 1 fully saturated rings. The van der Waals surface area contributed by atoms with Crippen LogP contribution in [0, 0.1) is 5.92 Å². The SMILES string of the molecule is CC1CCCN(S(=O)(=O)N(C)C(C)(C)CBr)C1. The molecule has 0 radical (unpaired) electrons. The van der Waals surface area contributed by atoms with E-state index in [1.807, 2.05) is 13.8 Å². The highest BCUT2D eigenvalue weighted by Gasteiger charge is 2.37. The van der Waals surface area contributed by atoms with E-state index in [9.17, 15) is 8.42 Å². The Morgan fingerprint density at radius 2 is 2.06 bits per heavy atom. The van der Waals surface area contributed by atoms with Crippen LogP contribution in [0.2, 0.25) is 0 Å². The lowest BCUT2D eigenvalue weighted by Crippen LogP contribution is -2.54. The third-order valence-electron chi connectivity index (χ3n) is 3.47. The van der Waals surface area contributed by atoms with Crippen LogP contribution in [0.3, 0.4) is 0 Å². The molecule has 1 heterocycles. The summed E-state index contributed by atoms with van der Waals surface area (Å²) in [5, 5.41) is 0.624. The number of rotatable bonds is 4. The van der Waals surface area contributed by atoms with E-state index in [-0.39, 0.29) is 0 Å². The van der Waals surface area contributed by atoms with E-state index in [4.69, 9.17) is 0 Å². The Labute approximate surface area is 114 Å². The van der Waals surface area contributed by atoms with Crippen molar-refractivity contribution in [1.82, 2.24) is 8.61 Å². The first kappa shape index (κ1) is 15.4. The molecular formula is C11H23BrN2O2S. The molecule has 0 aromatic rings. The molecule has 0 N–H and O–H groups in total. The molecule has 1 saturated heterocycles. The van der Waals surface area contributed by atoms with Crippen LogP contribution in [0.5, 0.6) is 0 Å². The second kappa shape index (κ2) is 5.55. The predicted molar refractivity (Wildman–Crippen MR) is 74.5 cm³/mol. The van der Waals surface area contributed by atoms with E-state index in [0.717, 1.165) is 12.8 Å². The molecule has 0 amide bonds. The van der Waals surface area contributed by atoms with Crippen LogP contribution in [0.25, 0.3) is 0 Å². The number of piperidine rings is 1. The van der Waals surface area contributed by atoms with Crippen molar-refractivity contribution in [3.63, 3.8) is 0 Å². The number of halogens is 1. The zero-order valence-corrected chi connectivity index (χ0v) is 13.5. The molecule has 1 aliphatic heterocycles. The van der Waals surface area contributed by atoms with Crippen molar-refractivity contribution in [2.45, 2.75) is 39.2 Å². The Morgan fingerprint density at radius 3 is 2.53 bits per heavy atom.